The highest BCUT2D eigenvalue weighted by Crippen LogP contribution is 2.34. The van der Waals surface area contributed by atoms with Crippen molar-refractivity contribution in [2.45, 2.75) is 187 Å². The molecule has 0 spiro atoms. The van der Waals surface area contributed by atoms with Gasteiger partial charge in [-0.05, 0) is 51.4 Å². The first-order valence-electron chi connectivity index (χ1n) is 17.4. The number of allylic oxidation sites excluding steroid dienone is 2. The number of nitrogens with zero attached hydrogens (tertiary/aromatic N) is 1. The standard InChI is InChI=1S/C35H65NO6/c1-5-9-10-11-12-13-14-15-16-17-18-19-20-21-22-23-24-25-29-36(30(26-6-2)33(37)38,31(27-7-3)34(39)40)32(28-8-4)35(41)42/h11-12,30-32H,5-10,13-29H2,1-4H3,(H2-,37,38,39,40,41,42)/p+1/b12-11+. The molecule has 0 aromatic rings. The molecular weight excluding hydrogens is 530 g/mol. The molecule has 3 N–H and O–H groups in total. The van der Waals surface area contributed by atoms with E-state index < -0.39 is 36.0 Å². The Labute approximate surface area is 257 Å². The molecule has 0 aromatic carbocycles. The number of hydrogen-bond acceptors (Lipinski definition) is 3. The molecule has 3 atom stereocenters. The highest BCUT2D eigenvalue weighted by molar-refractivity contribution is 5.78. The fraction of sp³-hybridized carbons (Fsp3) is 0.857. The third kappa shape index (κ3) is 15.5. The molecule has 0 heterocycles. The fourth-order valence-electron chi connectivity index (χ4n) is 6.62. The molecule has 0 radical (unpaired) electrons. The van der Waals surface area contributed by atoms with Crippen molar-refractivity contribution in [3.8, 4) is 0 Å². The minimum atomic E-state index is -1.08. The molecular formula is C35H66NO6+. The Kier molecular flexibility index (Phi) is 24.4. The Morgan fingerprint density at radius 2 is 0.786 bits per heavy atom. The SMILES string of the molecule is CCCC/C=C/CCCCCCCCCCCCCC[N+](C(CCC)C(=O)O)(C(CCC)C(=O)O)C(CCC)C(=O)O. The predicted molar refractivity (Wildman–Crippen MR) is 173 cm³/mol. The third-order valence-corrected chi connectivity index (χ3v) is 8.84. The summed E-state index contributed by atoms with van der Waals surface area (Å²) in [5, 5.41) is 30.9. The number of quaternary nitrogens is 1. The van der Waals surface area contributed by atoms with Crippen molar-refractivity contribution >= 4 is 17.9 Å². The van der Waals surface area contributed by atoms with Gasteiger partial charge < -0.3 is 15.3 Å². The number of carboxylic acid groups (broad SMARTS) is 3. The van der Waals surface area contributed by atoms with Gasteiger partial charge in [0.25, 0.3) is 0 Å². The van der Waals surface area contributed by atoms with Gasteiger partial charge in [0.2, 0.25) is 0 Å². The summed E-state index contributed by atoms with van der Waals surface area (Å²) in [6, 6.07) is -3.13. The second kappa shape index (κ2) is 25.6. The van der Waals surface area contributed by atoms with E-state index in [1.54, 1.807) is 0 Å². The molecule has 0 saturated heterocycles. The molecule has 0 saturated carbocycles. The van der Waals surface area contributed by atoms with Gasteiger partial charge in [-0.1, -0.05) is 110 Å². The normalized spacial score (nSPS) is 15.3. The lowest BCUT2D eigenvalue weighted by atomic mass is 9.91. The lowest BCUT2D eigenvalue weighted by Gasteiger charge is -2.50. The summed E-state index contributed by atoms with van der Waals surface area (Å²) in [7, 11) is 0. The minimum Gasteiger partial charge on any atom is -0.477 e. The Bertz CT molecular complexity index is 677. The van der Waals surface area contributed by atoms with Crippen molar-refractivity contribution in [2.24, 2.45) is 0 Å². The van der Waals surface area contributed by atoms with Gasteiger partial charge >= 0.3 is 17.9 Å². The topological polar surface area (TPSA) is 112 Å². The number of hydrogen-bond donors (Lipinski definition) is 3. The molecule has 42 heavy (non-hydrogen) atoms. The van der Waals surface area contributed by atoms with Crippen LogP contribution in [0.2, 0.25) is 0 Å². The van der Waals surface area contributed by atoms with E-state index in [1.165, 1.54) is 77.0 Å². The highest BCUT2D eigenvalue weighted by Gasteiger charge is 2.56. The maximum absolute atomic E-state index is 12.6. The van der Waals surface area contributed by atoms with Crippen LogP contribution in [0.5, 0.6) is 0 Å². The number of aliphatic carboxylic acids is 3. The Hall–Kier alpha value is -1.89. The first-order chi connectivity index (χ1) is 20.2. The largest absolute Gasteiger partial charge is 0.477 e. The molecule has 0 aliphatic rings. The van der Waals surface area contributed by atoms with E-state index in [0.29, 0.717) is 25.7 Å². The highest BCUT2D eigenvalue weighted by atomic mass is 16.4. The van der Waals surface area contributed by atoms with Crippen LogP contribution in [0.15, 0.2) is 12.2 Å². The molecule has 3 unspecified atom stereocenters. The van der Waals surface area contributed by atoms with Crippen LogP contribution in [-0.4, -0.2) is 62.4 Å². The van der Waals surface area contributed by atoms with Gasteiger partial charge in [0.05, 0.1) is 6.54 Å². The van der Waals surface area contributed by atoms with E-state index in [9.17, 15) is 29.7 Å². The predicted octanol–water partition coefficient (Wildman–Crippen LogP) is 9.38. The van der Waals surface area contributed by atoms with E-state index in [1.807, 2.05) is 20.8 Å². The zero-order valence-electron chi connectivity index (χ0n) is 27.7. The van der Waals surface area contributed by atoms with Crippen LogP contribution in [0.4, 0.5) is 0 Å². The van der Waals surface area contributed by atoms with Crippen LogP contribution in [-0.2, 0) is 14.4 Å². The van der Waals surface area contributed by atoms with E-state index in [-0.39, 0.29) is 30.3 Å². The lowest BCUT2D eigenvalue weighted by molar-refractivity contribution is -0.973. The van der Waals surface area contributed by atoms with Crippen LogP contribution in [0, 0.1) is 0 Å². The van der Waals surface area contributed by atoms with E-state index in [2.05, 4.69) is 19.1 Å². The first kappa shape index (κ1) is 40.1. The molecule has 0 aliphatic carbocycles. The van der Waals surface area contributed by atoms with Crippen molar-refractivity contribution < 1.29 is 34.2 Å². The molecule has 7 heteroatoms. The molecule has 246 valence electrons. The number of unbranched alkanes of at least 4 members (excludes halogenated alkanes) is 14. The van der Waals surface area contributed by atoms with Crippen LogP contribution in [0.25, 0.3) is 0 Å². The summed E-state index contributed by atoms with van der Waals surface area (Å²) >= 11 is 0. The molecule has 0 rings (SSSR count). The van der Waals surface area contributed by atoms with Crippen LogP contribution in [0.1, 0.15) is 169 Å². The molecule has 0 amide bonds. The Balaban J connectivity index is 4.89. The van der Waals surface area contributed by atoms with Gasteiger partial charge in [-0.15, -0.1) is 0 Å². The summed E-state index contributed by atoms with van der Waals surface area (Å²) in [6.07, 6.45) is 26.0. The summed E-state index contributed by atoms with van der Waals surface area (Å²) in [5.74, 6) is -3.25. The van der Waals surface area contributed by atoms with Gasteiger partial charge in [0.15, 0.2) is 18.1 Å². The summed E-state index contributed by atoms with van der Waals surface area (Å²) in [6.45, 7) is 8.14. The zero-order chi connectivity index (χ0) is 31.6. The average molecular weight is 597 g/mol. The molecule has 0 aromatic heterocycles. The van der Waals surface area contributed by atoms with Crippen molar-refractivity contribution in [1.29, 1.82) is 0 Å². The first-order valence-corrected chi connectivity index (χ1v) is 17.4. The van der Waals surface area contributed by atoms with Crippen LogP contribution in [0.3, 0.4) is 0 Å². The van der Waals surface area contributed by atoms with Gasteiger partial charge in [-0.2, -0.15) is 0 Å². The van der Waals surface area contributed by atoms with Crippen molar-refractivity contribution in [3.05, 3.63) is 12.2 Å². The smallest absolute Gasteiger partial charge is 0.362 e. The second-order valence-corrected chi connectivity index (χ2v) is 12.3. The van der Waals surface area contributed by atoms with Crippen molar-refractivity contribution in [3.63, 3.8) is 0 Å². The second-order valence-electron chi connectivity index (χ2n) is 12.3. The van der Waals surface area contributed by atoms with Crippen molar-refractivity contribution in [2.75, 3.05) is 6.54 Å². The van der Waals surface area contributed by atoms with E-state index in [0.717, 1.165) is 19.3 Å². The van der Waals surface area contributed by atoms with Crippen molar-refractivity contribution in [1.82, 2.24) is 0 Å². The Morgan fingerprint density at radius 1 is 0.476 bits per heavy atom. The minimum absolute atomic E-state index is 0.270. The molecule has 0 bridgehead atoms. The van der Waals surface area contributed by atoms with Gasteiger partial charge in [0.1, 0.15) is 0 Å². The lowest BCUT2D eigenvalue weighted by Crippen LogP contribution is -2.72. The van der Waals surface area contributed by atoms with Gasteiger partial charge in [-0.3, -0.25) is 4.48 Å². The number of carboxylic acids is 3. The zero-order valence-corrected chi connectivity index (χ0v) is 27.7. The average Bonchev–Trinajstić information content (AvgIpc) is 2.95. The summed E-state index contributed by atoms with van der Waals surface area (Å²) in [5.41, 5.74) is 0. The fourth-order valence-corrected chi connectivity index (χ4v) is 6.62. The van der Waals surface area contributed by atoms with Crippen LogP contribution >= 0.6 is 0 Å². The quantitative estimate of drug-likeness (QED) is 0.0433. The Morgan fingerprint density at radius 3 is 1.10 bits per heavy atom. The maximum atomic E-state index is 12.6. The van der Waals surface area contributed by atoms with E-state index >= 15 is 0 Å². The monoisotopic (exact) mass is 596 g/mol. The molecule has 7 nitrogen and oxygen atoms in total. The maximum Gasteiger partial charge on any atom is 0.362 e. The number of carbonyl (C=O) groups is 3. The molecule has 0 aliphatic heterocycles. The summed E-state index contributed by atoms with van der Waals surface area (Å²) in [4.78, 5) is 37.8. The number of rotatable bonds is 30. The van der Waals surface area contributed by atoms with Gasteiger partial charge in [0, 0.05) is 19.3 Å². The third-order valence-electron chi connectivity index (χ3n) is 8.84. The van der Waals surface area contributed by atoms with Gasteiger partial charge in [-0.25, -0.2) is 14.4 Å². The summed E-state index contributed by atoms with van der Waals surface area (Å²) < 4.78 is -0.370. The van der Waals surface area contributed by atoms with E-state index in [4.69, 9.17) is 0 Å². The van der Waals surface area contributed by atoms with Crippen LogP contribution < -0.4 is 0 Å². The molecule has 0 fully saturated rings.